The highest BCUT2D eigenvalue weighted by Gasteiger charge is 2.04. The van der Waals surface area contributed by atoms with Gasteiger partial charge >= 0.3 is 0 Å². The van der Waals surface area contributed by atoms with Gasteiger partial charge in [0.15, 0.2) is 0 Å². The summed E-state index contributed by atoms with van der Waals surface area (Å²) in [6, 6.07) is 4.84. The smallest absolute Gasteiger partial charge is 0.0522 e. The van der Waals surface area contributed by atoms with Crippen molar-refractivity contribution in [1.29, 1.82) is 0 Å². The van der Waals surface area contributed by atoms with Crippen molar-refractivity contribution in [3.8, 4) is 0 Å². The van der Waals surface area contributed by atoms with Crippen molar-refractivity contribution in [2.24, 2.45) is 7.05 Å². The van der Waals surface area contributed by atoms with Gasteiger partial charge < -0.3 is 5.32 Å². The van der Waals surface area contributed by atoms with E-state index in [1.54, 1.807) is 0 Å². The molecule has 0 aliphatic carbocycles. The molecule has 0 radical (unpaired) electrons. The van der Waals surface area contributed by atoms with Crippen molar-refractivity contribution in [2.75, 3.05) is 6.54 Å². The van der Waals surface area contributed by atoms with Crippen molar-refractivity contribution < 1.29 is 0 Å². The first-order valence-electron chi connectivity index (χ1n) is 5.97. The van der Waals surface area contributed by atoms with Crippen LogP contribution >= 0.6 is 11.3 Å². The molecule has 0 aliphatic rings. The van der Waals surface area contributed by atoms with Gasteiger partial charge in [0, 0.05) is 24.2 Å². The number of hydrogen-bond donors (Lipinski definition) is 1. The topological polar surface area (TPSA) is 29.9 Å². The SMILES string of the molecule is CC(Cc1cccs1)NCCc1cnn(C)c1. The molecular formula is C13H19N3S. The standard InChI is InChI=1S/C13H19N3S/c1-11(8-13-4-3-7-17-13)14-6-5-12-9-15-16(2)10-12/h3-4,7,9-11,14H,5-6,8H2,1-2H3. The second-order valence-electron chi connectivity index (χ2n) is 4.41. The molecule has 17 heavy (non-hydrogen) atoms. The largest absolute Gasteiger partial charge is 0.314 e. The maximum absolute atomic E-state index is 4.17. The average molecular weight is 249 g/mol. The fourth-order valence-corrected chi connectivity index (χ4v) is 2.70. The summed E-state index contributed by atoms with van der Waals surface area (Å²) in [5, 5.41) is 9.85. The van der Waals surface area contributed by atoms with E-state index in [9.17, 15) is 0 Å². The van der Waals surface area contributed by atoms with E-state index in [1.165, 1.54) is 10.4 Å². The molecule has 2 heterocycles. The van der Waals surface area contributed by atoms with Crippen LogP contribution in [0.4, 0.5) is 0 Å². The van der Waals surface area contributed by atoms with Gasteiger partial charge in [0.2, 0.25) is 0 Å². The number of hydrogen-bond acceptors (Lipinski definition) is 3. The highest BCUT2D eigenvalue weighted by Crippen LogP contribution is 2.10. The maximum atomic E-state index is 4.17. The zero-order chi connectivity index (χ0) is 12.1. The van der Waals surface area contributed by atoms with E-state index in [-0.39, 0.29) is 0 Å². The van der Waals surface area contributed by atoms with Crippen molar-refractivity contribution in [1.82, 2.24) is 15.1 Å². The Kier molecular flexibility index (Phi) is 4.34. The first-order valence-corrected chi connectivity index (χ1v) is 6.85. The van der Waals surface area contributed by atoms with Crippen molar-refractivity contribution in [2.45, 2.75) is 25.8 Å². The lowest BCUT2D eigenvalue weighted by Crippen LogP contribution is -2.29. The van der Waals surface area contributed by atoms with E-state index in [2.05, 4.69) is 41.0 Å². The number of aromatic nitrogens is 2. The van der Waals surface area contributed by atoms with Crippen molar-refractivity contribution in [3.05, 3.63) is 40.3 Å². The van der Waals surface area contributed by atoms with Gasteiger partial charge in [0.1, 0.15) is 0 Å². The molecule has 0 amide bonds. The van der Waals surface area contributed by atoms with Crippen LogP contribution in [0.2, 0.25) is 0 Å². The minimum absolute atomic E-state index is 0.533. The van der Waals surface area contributed by atoms with Crippen molar-refractivity contribution >= 4 is 11.3 Å². The Labute approximate surface area is 106 Å². The summed E-state index contributed by atoms with van der Waals surface area (Å²) in [5.74, 6) is 0. The molecule has 1 N–H and O–H groups in total. The number of nitrogens with one attached hydrogen (secondary N) is 1. The number of aryl methyl sites for hydroxylation is 1. The fraction of sp³-hybridized carbons (Fsp3) is 0.462. The average Bonchev–Trinajstić information content (AvgIpc) is 2.90. The second kappa shape index (κ2) is 5.98. The molecule has 2 rings (SSSR count). The third-order valence-corrected chi connectivity index (χ3v) is 3.65. The van der Waals surface area contributed by atoms with Crippen LogP contribution in [0.3, 0.4) is 0 Å². The Morgan fingerprint density at radius 2 is 2.41 bits per heavy atom. The highest BCUT2D eigenvalue weighted by molar-refractivity contribution is 7.09. The van der Waals surface area contributed by atoms with E-state index >= 15 is 0 Å². The van der Waals surface area contributed by atoms with Crippen LogP contribution in [-0.4, -0.2) is 22.4 Å². The Balaban J connectivity index is 1.68. The molecular weight excluding hydrogens is 230 g/mol. The van der Waals surface area contributed by atoms with Crippen molar-refractivity contribution in [3.63, 3.8) is 0 Å². The van der Waals surface area contributed by atoms with Crippen LogP contribution in [-0.2, 0) is 19.9 Å². The Morgan fingerprint density at radius 1 is 1.53 bits per heavy atom. The second-order valence-corrected chi connectivity index (χ2v) is 5.44. The molecule has 0 spiro atoms. The van der Waals surface area contributed by atoms with Crippen LogP contribution in [0.1, 0.15) is 17.4 Å². The van der Waals surface area contributed by atoms with Gasteiger partial charge in [-0.1, -0.05) is 6.07 Å². The molecule has 4 heteroatoms. The molecule has 0 aliphatic heterocycles. The van der Waals surface area contributed by atoms with Gasteiger partial charge in [-0.15, -0.1) is 11.3 Å². The number of rotatable bonds is 6. The summed E-state index contributed by atoms with van der Waals surface area (Å²) >= 11 is 1.83. The minimum atomic E-state index is 0.533. The lowest BCUT2D eigenvalue weighted by molar-refractivity contribution is 0.551. The molecule has 0 bridgehead atoms. The van der Waals surface area contributed by atoms with Crippen LogP contribution in [0.15, 0.2) is 29.9 Å². The molecule has 2 aromatic heterocycles. The highest BCUT2D eigenvalue weighted by atomic mass is 32.1. The third kappa shape index (κ3) is 3.98. The summed E-state index contributed by atoms with van der Waals surface area (Å²) in [6.45, 7) is 3.25. The van der Waals surface area contributed by atoms with E-state index in [0.717, 1.165) is 19.4 Å². The van der Waals surface area contributed by atoms with Gasteiger partial charge in [-0.25, -0.2) is 0 Å². The lowest BCUT2D eigenvalue weighted by Gasteiger charge is -2.12. The van der Waals surface area contributed by atoms with E-state index < -0.39 is 0 Å². The van der Waals surface area contributed by atoms with Crippen LogP contribution in [0, 0.1) is 0 Å². The molecule has 0 aromatic carbocycles. The first kappa shape index (κ1) is 12.3. The predicted molar refractivity (Wildman–Crippen MR) is 72.4 cm³/mol. The van der Waals surface area contributed by atoms with Crippen LogP contribution in [0.5, 0.6) is 0 Å². The Bertz CT molecular complexity index is 433. The Morgan fingerprint density at radius 3 is 3.06 bits per heavy atom. The monoisotopic (exact) mass is 249 g/mol. The minimum Gasteiger partial charge on any atom is -0.314 e. The van der Waals surface area contributed by atoms with Gasteiger partial charge in [0.25, 0.3) is 0 Å². The van der Waals surface area contributed by atoms with Gasteiger partial charge in [0.05, 0.1) is 6.20 Å². The quantitative estimate of drug-likeness (QED) is 0.851. The molecule has 3 nitrogen and oxygen atoms in total. The van der Waals surface area contributed by atoms with E-state index in [0.29, 0.717) is 6.04 Å². The Hall–Kier alpha value is -1.13. The zero-order valence-electron chi connectivity index (χ0n) is 10.4. The summed E-state index contributed by atoms with van der Waals surface area (Å²) in [6.07, 6.45) is 6.17. The molecule has 2 aromatic rings. The van der Waals surface area contributed by atoms with Crippen LogP contribution in [0.25, 0.3) is 0 Å². The molecule has 0 fully saturated rings. The maximum Gasteiger partial charge on any atom is 0.0522 e. The number of thiophene rings is 1. The van der Waals surface area contributed by atoms with Gasteiger partial charge in [-0.3, -0.25) is 4.68 Å². The summed E-state index contributed by atoms with van der Waals surface area (Å²) < 4.78 is 1.85. The normalized spacial score (nSPS) is 12.8. The lowest BCUT2D eigenvalue weighted by atomic mass is 10.2. The molecule has 0 saturated carbocycles. The predicted octanol–water partition coefficient (Wildman–Crippen LogP) is 2.24. The molecule has 92 valence electrons. The molecule has 1 unspecified atom stereocenters. The molecule has 1 atom stereocenters. The van der Waals surface area contributed by atoms with E-state index in [4.69, 9.17) is 0 Å². The number of nitrogens with zero attached hydrogens (tertiary/aromatic N) is 2. The summed E-state index contributed by atoms with van der Waals surface area (Å²) in [4.78, 5) is 1.45. The third-order valence-electron chi connectivity index (χ3n) is 2.75. The zero-order valence-corrected chi connectivity index (χ0v) is 11.2. The van der Waals surface area contributed by atoms with Gasteiger partial charge in [-0.05, 0) is 43.3 Å². The fourth-order valence-electron chi connectivity index (χ4n) is 1.87. The van der Waals surface area contributed by atoms with Crippen LogP contribution < -0.4 is 5.32 Å². The van der Waals surface area contributed by atoms with E-state index in [1.807, 2.05) is 29.3 Å². The van der Waals surface area contributed by atoms with Gasteiger partial charge in [-0.2, -0.15) is 5.10 Å². The first-order chi connectivity index (χ1) is 8.24. The molecule has 0 saturated heterocycles. The summed E-state index contributed by atoms with van der Waals surface area (Å²) in [5.41, 5.74) is 1.29. The summed E-state index contributed by atoms with van der Waals surface area (Å²) in [7, 11) is 1.95.